The summed E-state index contributed by atoms with van der Waals surface area (Å²) in [5, 5.41) is 4.84. The van der Waals surface area contributed by atoms with Crippen molar-refractivity contribution in [3.8, 4) is 11.8 Å². The molecule has 1 amide bonds. The zero-order valence-electron chi connectivity index (χ0n) is 12.2. The summed E-state index contributed by atoms with van der Waals surface area (Å²) in [6, 6.07) is 1.86. The van der Waals surface area contributed by atoms with Crippen LogP contribution in [0.1, 0.15) is 35.5 Å². The molecule has 0 bridgehead atoms. The minimum atomic E-state index is -0.0473. The van der Waals surface area contributed by atoms with E-state index in [1.165, 1.54) is 11.3 Å². The van der Waals surface area contributed by atoms with Gasteiger partial charge in [-0.15, -0.1) is 11.3 Å². The Bertz CT molecular complexity index is 473. The summed E-state index contributed by atoms with van der Waals surface area (Å²) in [4.78, 5) is 15.1. The van der Waals surface area contributed by atoms with Crippen molar-refractivity contribution in [1.29, 1.82) is 0 Å². The first-order valence-corrected chi connectivity index (χ1v) is 7.87. The minimum absolute atomic E-state index is 0.0473. The average Bonchev–Trinajstić information content (AvgIpc) is 2.92. The standard InChI is InChI=1S/C15H23N3OS/c1-3-10-18(4-2)11-9-17-15(19)14-13(6-5-8-16)7-12-20-14/h7,12H,3-4,8-11,16H2,1-2H3,(H,17,19). The lowest BCUT2D eigenvalue weighted by atomic mass is 10.2. The smallest absolute Gasteiger partial charge is 0.262 e. The van der Waals surface area contributed by atoms with Gasteiger partial charge in [-0.1, -0.05) is 25.7 Å². The second kappa shape index (κ2) is 9.54. The number of nitrogens with zero attached hydrogens (tertiary/aromatic N) is 1. The highest BCUT2D eigenvalue weighted by molar-refractivity contribution is 7.12. The van der Waals surface area contributed by atoms with Gasteiger partial charge in [0, 0.05) is 18.7 Å². The van der Waals surface area contributed by atoms with Crippen molar-refractivity contribution < 1.29 is 4.79 Å². The molecule has 5 heteroatoms. The Kier molecular flexibility index (Phi) is 7.97. The average molecular weight is 293 g/mol. The van der Waals surface area contributed by atoms with Gasteiger partial charge in [0.25, 0.3) is 5.91 Å². The molecule has 110 valence electrons. The van der Waals surface area contributed by atoms with Crippen molar-refractivity contribution in [2.24, 2.45) is 5.73 Å². The fourth-order valence-corrected chi connectivity index (χ4v) is 2.65. The summed E-state index contributed by atoms with van der Waals surface area (Å²) in [5.74, 6) is 5.66. The van der Waals surface area contributed by atoms with Gasteiger partial charge in [0.15, 0.2) is 0 Å². The van der Waals surface area contributed by atoms with Crippen LogP contribution in [0.5, 0.6) is 0 Å². The van der Waals surface area contributed by atoms with E-state index in [-0.39, 0.29) is 5.91 Å². The van der Waals surface area contributed by atoms with Crippen LogP contribution in [0.3, 0.4) is 0 Å². The fourth-order valence-electron chi connectivity index (χ4n) is 1.88. The van der Waals surface area contributed by atoms with E-state index >= 15 is 0 Å². The lowest BCUT2D eigenvalue weighted by Crippen LogP contribution is -2.35. The summed E-state index contributed by atoms with van der Waals surface area (Å²) >= 11 is 1.41. The predicted octanol–water partition coefficient (Wildman–Crippen LogP) is 1.52. The monoisotopic (exact) mass is 293 g/mol. The first-order valence-electron chi connectivity index (χ1n) is 6.99. The first-order chi connectivity index (χ1) is 9.72. The number of likely N-dealkylation sites (N-methyl/N-ethyl adjacent to an activating group) is 1. The Morgan fingerprint density at radius 2 is 2.25 bits per heavy atom. The highest BCUT2D eigenvalue weighted by Crippen LogP contribution is 2.15. The molecule has 0 aromatic carbocycles. The summed E-state index contributed by atoms with van der Waals surface area (Å²) in [6.45, 7) is 8.22. The molecule has 20 heavy (non-hydrogen) atoms. The SMILES string of the molecule is CCCN(CC)CCNC(=O)c1sccc1C#CCN. The molecular weight excluding hydrogens is 270 g/mol. The van der Waals surface area contributed by atoms with Crippen molar-refractivity contribution in [2.45, 2.75) is 20.3 Å². The van der Waals surface area contributed by atoms with Gasteiger partial charge in [-0.25, -0.2) is 0 Å². The van der Waals surface area contributed by atoms with Crippen LogP contribution in [-0.2, 0) is 0 Å². The van der Waals surface area contributed by atoms with Crippen LogP contribution in [-0.4, -0.2) is 43.5 Å². The number of hydrogen-bond acceptors (Lipinski definition) is 4. The van der Waals surface area contributed by atoms with Crippen LogP contribution < -0.4 is 11.1 Å². The van der Waals surface area contributed by atoms with E-state index in [4.69, 9.17) is 5.73 Å². The van der Waals surface area contributed by atoms with Crippen LogP contribution in [0.15, 0.2) is 11.4 Å². The van der Waals surface area contributed by atoms with Crippen molar-refractivity contribution >= 4 is 17.2 Å². The summed E-state index contributed by atoms with van der Waals surface area (Å²) in [6.07, 6.45) is 1.13. The first kappa shape index (κ1) is 16.7. The van der Waals surface area contributed by atoms with Gasteiger partial charge in [0.05, 0.1) is 6.54 Å². The van der Waals surface area contributed by atoms with Gasteiger partial charge < -0.3 is 16.0 Å². The van der Waals surface area contributed by atoms with E-state index in [1.807, 2.05) is 11.4 Å². The number of carbonyl (C=O) groups excluding carboxylic acids is 1. The van der Waals surface area contributed by atoms with Crippen LogP contribution in [0.4, 0.5) is 0 Å². The zero-order chi connectivity index (χ0) is 14.8. The Morgan fingerprint density at radius 3 is 2.90 bits per heavy atom. The van der Waals surface area contributed by atoms with Crippen molar-refractivity contribution in [1.82, 2.24) is 10.2 Å². The van der Waals surface area contributed by atoms with Crippen molar-refractivity contribution in [3.05, 3.63) is 21.9 Å². The number of nitrogens with two attached hydrogens (primary N) is 1. The lowest BCUT2D eigenvalue weighted by Gasteiger charge is -2.19. The fraction of sp³-hybridized carbons (Fsp3) is 0.533. The summed E-state index contributed by atoms with van der Waals surface area (Å²) in [7, 11) is 0. The molecule has 0 saturated carbocycles. The molecule has 0 aliphatic carbocycles. The van der Waals surface area contributed by atoms with E-state index in [9.17, 15) is 4.79 Å². The Labute approximate surface area is 125 Å². The van der Waals surface area contributed by atoms with Gasteiger partial charge >= 0.3 is 0 Å². The number of amides is 1. The predicted molar refractivity (Wildman–Crippen MR) is 85.0 cm³/mol. The number of hydrogen-bond donors (Lipinski definition) is 2. The molecule has 0 saturated heterocycles. The van der Waals surface area contributed by atoms with E-state index in [0.29, 0.717) is 18.0 Å². The third kappa shape index (κ3) is 5.33. The Morgan fingerprint density at radius 1 is 1.45 bits per heavy atom. The normalized spacial score (nSPS) is 10.2. The van der Waals surface area contributed by atoms with E-state index in [0.717, 1.165) is 31.6 Å². The number of carbonyl (C=O) groups is 1. The molecular formula is C15H23N3OS. The molecule has 1 aromatic rings. The molecule has 4 nitrogen and oxygen atoms in total. The molecule has 1 rings (SSSR count). The largest absolute Gasteiger partial charge is 0.350 e. The van der Waals surface area contributed by atoms with Crippen molar-refractivity contribution in [2.75, 3.05) is 32.7 Å². The van der Waals surface area contributed by atoms with Crippen LogP contribution >= 0.6 is 11.3 Å². The second-order valence-corrected chi connectivity index (χ2v) is 5.28. The van der Waals surface area contributed by atoms with Gasteiger partial charge in [0.1, 0.15) is 4.88 Å². The maximum atomic E-state index is 12.1. The van der Waals surface area contributed by atoms with Gasteiger partial charge in [-0.05, 0) is 31.0 Å². The lowest BCUT2D eigenvalue weighted by molar-refractivity contribution is 0.0952. The molecule has 1 aromatic heterocycles. The van der Waals surface area contributed by atoms with Crippen LogP contribution in [0.25, 0.3) is 0 Å². The van der Waals surface area contributed by atoms with Crippen LogP contribution in [0.2, 0.25) is 0 Å². The topological polar surface area (TPSA) is 58.4 Å². The highest BCUT2D eigenvalue weighted by atomic mass is 32.1. The van der Waals surface area contributed by atoms with E-state index < -0.39 is 0 Å². The number of rotatable bonds is 7. The minimum Gasteiger partial charge on any atom is -0.350 e. The van der Waals surface area contributed by atoms with E-state index in [1.54, 1.807) is 0 Å². The molecule has 0 aliphatic heterocycles. The Hall–Kier alpha value is -1.35. The molecule has 0 fully saturated rings. The molecule has 1 heterocycles. The molecule has 0 unspecified atom stereocenters. The maximum Gasteiger partial charge on any atom is 0.262 e. The number of thiophene rings is 1. The van der Waals surface area contributed by atoms with Gasteiger partial charge in [0.2, 0.25) is 0 Å². The molecule has 0 spiro atoms. The van der Waals surface area contributed by atoms with E-state index in [2.05, 4.69) is 35.9 Å². The third-order valence-electron chi connectivity index (χ3n) is 2.90. The van der Waals surface area contributed by atoms with Gasteiger partial charge in [-0.2, -0.15) is 0 Å². The molecule has 0 radical (unpaired) electrons. The molecule has 0 aliphatic rings. The molecule has 3 N–H and O–H groups in total. The molecule has 0 atom stereocenters. The Balaban J connectivity index is 2.49. The highest BCUT2D eigenvalue weighted by Gasteiger charge is 2.11. The summed E-state index contributed by atoms with van der Waals surface area (Å²) < 4.78 is 0. The number of nitrogens with one attached hydrogen (secondary N) is 1. The van der Waals surface area contributed by atoms with Crippen molar-refractivity contribution in [3.63, 3.8) is 0 Å². The third-order valence-corrected chi connectivity index (χ3v) is 3.81. The summed E-state index contributed by atoms with van der Waals surface area (Å²) in [5.41, 5.74) is 6.12. The second-order valence-electron chi connectivity index (χ2n) is 4.36. The van der Waals surface area contributed by atoms with Crippen LogP contribution in [0, 0.1) is 11.8 Å². The zero-order valence-corrected chi connectivity index (χ0v) is 13.1. The maximum absolute atomic E-state index is 12.1. The van der Waals surface area contributed by atoms with Gasteiger partial charge in [-0.3, -0.25) is 4.79 Å². The quantitative estimate of drug-likeness (QED) is 0.749.